The SMILES string of the molecule is Cc1cc(C(=O)O)c(Cl)c(Cc2nc3c(C)cc(C(F)(F)F)cc3n2C)c1Cl. The number of aryl methyl sites for hydroxylation is 3. The first-order valence-corrected chi connectivity index (χ1v) is 8.91. The highest BCUT2D eigenvalue weighted by Gasteiger charge is 2.32. The Morgan fingerprint density at radius 2 is 1.79 bits per heavy atom. The fourth-order valence-corrected chi connectivity index (χ4v) is 3.70. The van der Waals surface area contributed by atoms with Crippen LogP contribution < -0.4 is 0 Å². The highest BCUT2D eigenvalue weighted by Crippen LogP contribution is 2.36. The average molecular weight is 431 g/mol. The van der Waals surface area contributed by atoms with Crippen LogP contribution in [0.4, 0.5) is 13.2 Å². The summed E-state index contributed by atoms with van der Waals surface area (Å²) in [6.45, 7) is 3.22. The van der Waals surface area contributed by atoms with E-state index in [1.807, 2.05) is 0 Å². The number of rotatable bonds is 3. The van der Waals surface area contributed by atoms with Crippen LogP contribution in [-0.4, -0.2) is 20.6 Å². The Bertz CT molecular complexity index is 1120. The molecule has 1 heterocycles. The highest BCUT2D eigenvalue weighted by molar-refractivity contribution is 6.38. The lowest BCUT2D eigenvalue weighted by molar-refractivity contribution is -0.137. The lowest BCUT2D eigenvalue weighted by Gasteiger charge is -2.12. The van der Waals surface area contributed by atoms with Gasteiger partial charge in [-0.3, -0.25) is 0 Å². The number of imidazole rings is 1. The number of carboxylic acids is 1. The third kappa shape index (κ3) is 3.44. The summed E-state index contributed by atoms with van der Waals surface area (Å²) in [4.78, 5) is 15.9. The van der Waals surface area contributed by atoms with E-state index in [-0.39, 0.29) is 17.0 Å². The molecule has 3 aromatic rings. The molecule has 9 heteroatoms. The van der Waals surface area contributed by atoms with Crippen LogP contribution in [0.5, 0.6) is 0 Å². The van der Waals surface area contributed by atoms with Crippen molar-refractivity contribution in [2.75, 3.05) is 0 Å². The minimum atomic E-state index is -4.47. The maximum Gasteiger partial charge on any atom is 0.416 e. The maximum atomic E-state index is 13.1. The third-order valence-corrected chi connectivity index (χ3v) is 5.59. The maximum absolute atomic E-state index is 13.1. The number of carboxylic acid groups (broad SMARTS) is 1. The second kappa shape index (κ2) is 6.97. The van der Waals surface area contributed by atoms with Gasteiger partial charge in [-0.25, -0.2) is 9.78 Å². The smallest absolute Gasteiger partial charge is 0.416 e. The largest absolute Gasteiger partial charge is 0.478 e. The van der Waals surface area contributed by atoms with E-state index in [1.54, 1.807) is 20.9 Å². The number of aromatic nitrogens is 2. The summed E-state index contributed by atoms with van der Waals surface area (Å²) in [5, 5.41) is 9.62. The molecule has 3 rings (SSSR count). The zero-order valence-electron chi connectivity index (χ0n) is 15.1. The molecule has 0 amide bonds. The van der Waals surface area contributed by atoms with Gasteiger partial charge in [0.15, 0.2) is 0 Å². The molecule has 0 spiro atoms. The van der Waals surface area contributed by atoms with Gasteiger partial charge in [0.2, 0.25) is 0 Å². The normalized spacial score (nSPS) is 12.0. The van der Waals surface area contributed by atoms with Gasteiger partial charge in [-0.05, 0) is 48.7 Å². The molecule has 0 atom stereocenters. The molecule has 0 unspecified atom stereocenters. The number of alkyl halides is 3. The fourth-order valence-electron chi connectivity index (χ4n) is 3.14. The summed E-state index contributed by atoms with van der Waals surface area (Å²) in [5.41, 5.74) is 1.20. The number of hydrogen-bond acceptors (Lipinski definition) is 2. The van der Waals surface area contributed by atoms with Crippen molar-refractivity contribution in [2.24, 2.45) is 7.05 Å². The predicted molar refractivity (Wildman–Crippen MR) is 101 cm³/mol. The zero-order valence-corrected chi connectivity index (χ0v) is 16.6. The van der Waals surface area contributed by atoms with Gasteiger partial charge in [0.1, 0.15) is 5.82 Å². The number of carbonyl (C=O) groups is 1. The number of nitrogens with zero attached hydrogens (tertiary/aromatic N) is 2. The van der Waals surface area contributed by atoms with Gasteiger partial charge in [0.25, 0.3) is 0 Å². The molecule has 148 valence electrons. The van der Waals surface area contributed by atoms with E-state index >= 15 is 0 Å². The Hall–Kier alpha value is -2.25. The third-order valence-electron chi connectivity index (χ3n) is 4.64. The summed E-state index contributed by atoms with van der Waals surface area (Å²) in [6.07, 6.45) is -4.39. The van der Waals surface area contributed by atoms with E-state index in [0.717, 1.165) is 12.1 Å². The Labute approximate surface area is 168 Å². The molecule has 0 radical (unpaired) electrons. The standard InChI is InChI=1S/C19H15Cl2F3N2O2/c1-8-5-12(18(27)28)16(21)11(15(8)20)7-14-25-17-9(2)4-10(19(22,23)24)6-13(17)26(14)3/h4-6H,7H2,1-3H3,(H,27,28). The van der Waals surface area contributed by atoms with Crippen molar-refractivity contribution in [3.63, 3.8) is 0 Å². The molecule has 0 aliphatic carbocycles. The van der Waals surface area contributed by atoms with E-state index in [4.69, 9.17) is 23.2 Å². The Kier molecular flexibility index (Phi) is 5.10. The van der Waals surface area contributed by atoms with Gasteiger partial charge >= 0.3 is 12.1 Å². The van der Waals surface area contributed by atoms with E-state index < -0.39 is 17.7 Å². The van der Waals surface area contributed by atoms with Gasteiger partial charge in [-0.2, -0.15) is 13.2 Å². The number of hydrogen-bond donors (Lipinski definition) is 1. The molecule has 0 saturated carbocycles. The minimum absolute atomic E-state index is 0.0112. The lowest BCUT2D eigenvalue weighted by Crippen LogP contribution is -2.06. The summed E-state index contributed by atoms with van der Waals surface area (Å²) in [6, 6.07) is 3.47. The second-order valence-corrected chi connectivity index (χ2v) is 7.33. The summed E-state index contributed by atoms with van der Waals surface area (Å²) < 4.78 is 40.9. The van der Waals surface area contributed by atoms with Crippen LogP contribution >= 0.6 is 23.2 Å². The van der Waals surface area contributed by atoms with Crippen LogP contribution in [0, 0.1) is 13.8 Å². The van der Waals surface area contributed by atoms with Crippen LogP contribution in [0.15, 0.2) is 18.2 Å². The molecular weight excluding hydrogens is 416 g/mol. The number of benzene rings is 2. The van der Waals surface area contributed by atoms with E-state index in [2.05, 4.69) is 4.98 Å². The molecule has 4 nitrogen and oxygen atoms in total. The summed E-state index contributed by atoms with van der Waals surface area (Å²) in [7, 11) is 1.60. The van der Waals surface area contributed by atoms with Crippen molar-refractivity contribution in [1.29, 1.82) is 0 Å². The topological polar surface area (TPSA) is 55.1 Å². The molecular formula is C19H15Cl2F3N2O2. The Morgan fingerprint density at radius 3 is 2.36 bits per heavy atom. The van der Waals surface area contributed by atoms with Crippen LogP contribution in [0.25, 0.3) is 11.0 Å². The van der Waals surface area contributed by atoms with Gasteiger partial charge in [-0.1, -0.05) is 23.2 Å². The monoisotopic (exact) mass is 430 g/mol. The Balaban J connectivity index is 2.18. The predicted octanol–water partition coefficient (Wildman–Crippen LogP) is 5.80. The number of fused-ring (bicyclic) bond motifs is 1. The van der Waals surface area contributed by atoms with Crippen molar-refractivity contribution in [1.82, 2.24) is 9.55 Å². The molecule has 0 bridgehead atoms. The minimum Gasteiger partial charge on any atom is -0.478 e. The quantitative estimate of drug-likeness (QED) is 0.570. The van der Waals surface area contributed by atoms with Crippen LogP contribution in [-0.2, 0) is 19.6 Å². The number of aromatic carboxylic acids is 1. The van der Waals surface area contributed by atoms with Gasteiger partial charge in [0.05, 0.1) is 27.2 Å². The number of halogens is 5. The fraction of sp³-hybridized carbons (Fsp3) is 0.263. The van der Waals surface area contributed by atoms with E-state index in [1.165, 1.54) is 10.6 Å². The van der Waals surface area contributed by atoms with Crippen molar-refractivity contribution in [2.45, 2.75) is 26.4 Å². The molecule has 1 N–H and O–H groups in total. The molecule has 0 aliphatic rings. The molecule has 2 aromatic carbocycles. The first-order valence-electron chi connectivity index (χ1n) is 8.15. The van der Waals surface area contributed by atoms with Crippen LogP contribution in [0.3, 0.4) is 0 Å². The first kappa shape index (κ1) is 20.5. The molecule has 0 fully saturated rings. The van der Waals surface area contributed by atoms with E-state index in [0.29, 0.717) is 38.6 Å². The highest BCUT2D eigenvalue weighted by atomic mass is 35.5. The lowest BCUT2D eigenvalue weighted by atomic mass is 10.0. The average Bonchev–Trinajstić information content (AvgIpc) is 2.91. The summed E-state index contributed by atoms with van der Waals surface area (Å²) >= 11 is 12.6. The second-order valence-electron chi connectivity index (χ2n) is 6.58. The van der Waals surface area contributed by atoms with Gasteiger partial charge in [-0.15, -0.1) is 0 Å². The molecule has 0 aliphatic heterocycles. The van der Waals surface area contributed by atoms with Crippen LogP contribution in [0.1, 0.15) is 38.4 Å². The summed E-state index contributed by atoms with van der Waals surface area (Å²) in [5.74, 6) is -0.773. The molecule has 28 heavy (non-hydrogen) atoms. The van der Waals surface area contributed by atoms with Crippen molar-refractivity contribution in [3.8, 4) is 0 Å². The molecule has 0 saturated heterocycles. The Morgan fingerprint density at radius 1 is 1.14 bits per heavy atom. The van der Waals surface area contributed by atoms with Gasteiger partial charge in [0, 0.05) is 18.5 Å². The van der Waals surface area contributed by atoms with Crippen LogP contribution in [0.2, 0.25) is 10.0 Å². The van der Waals surface area contributed by atoms with E-state index in [9.17, 15) is 23.1 Å². The van der Waals surface area contributed by atoms with Crippen molar-refractivity contribution < 1.29 is 23.1 Å². The van der Waals surface area contributed by atoms with Gasteiger partial charge < -0.3 is 9.67 Å². The molecule has 1 aromatic heterocycles. The van der Waals surface area contributed by atoms with Crippen molar-refractivity contribution >= 4 is 40.2 Å². The van der Waals surface area contributed by atoms with Crippen molar-refractivity contribution in [3.05, 3.63) is 61.9 Å². The zero-order chi connectivity index (χ0) is 21.0. The first-order chi connectivity index (χ1) is 12.9.